The van der Waals surface area contributed by atoms with Crippen molar-refractivity contribution in [1.82, 2.24) is 0 Å². The molecule has 0 aromatic heterocycles. The Labute approximate surface area is 173 Å². The van der Waals surface area contributed by atoms with Crippen LogP contribution >= 0.6 is 0 Å². The summed E-state index contributed by atoms with van der Waals surface area (Å²) in [7, 11) is 0. The monoisotopic (exact) mass is 392 g/mol. The summed E-state index contributed by atoms with van der Waals surface area (Å²) in [5, 5.41) is 17.1. The second-order valence-corrected chi connectivity index (χ2v) is 7.70. The normalized spacial score (nSPS) is 10.4. The van der Waals surface area contributed by atoms with Crippen LogP contribution in [0.4, 0.5) is 0 Å². The highest BCUT2D eigenvalue weighted by molar-refractivity contribution is 5.87. The van der Waals surface area contributed by atoms with Gasteiger partial charge in [0.05, 0.1) is 5.56 Å². The number of carbonyl (C=O) groups is 1. The molecule has 28 heavy (non-hydrogen) atoms. The van der Waals surface area contributed by atoms with Gasteiger partial charge in [0.25, 0.3) is 0 Å². The smallest absolute Gasteiger partial charge is 0.335 e. The largest absolute Gasteiger partial charge is 0.478 e. The zero-order valence-corrected chi connectivity index (χ0v) is 18.2. The Morgan fingerprint density at radius 3 is 1.29 bits per heavy atom. The molecular weight excluding hydrogens is 348 g/mol. The molecule has 0 aliphatic heterocycles. The van der Waals surface area contributed by atoms with E-state index in [1.807, 2.05) is 0 Å². The zero-order valence-electron chi connectivity index (χ0n) is 18.2. The number of hydrogen-bond donors (Lipinski definition) is 2. The molecule has 0 fully saturated rings. The molecule has 3 heteroatoms. The zero-order chi connectivity index (χ0) is 20.7. The summed E-state index contributed by atoms with van der Waals surface area (Å²) in [6.45, 7) is 2.66. The predicted molar refractivity (Wildman–Crippen MR) is 120 cm³/mol. The van der Waals surface area contributed by atoms with Gasteiger partial charge in [0, 0.05) is 6.61 Å². The quantitative estimate of drug-likeness (QED) is 0.268. The lowest BCUT2D eigenvalue weighted by Gasteiger charge is -2.03. The van der Waals surface area contributed by atoms with Gasteiger partial charge in [-0.1, -0.05) is 121 Å². The maximum absolute atomic E-state index is 10.2. The standard InChI is InChI=1S/C18H38O.C7H6O2/c1-2-3-4-5-6-7-8-9-10-11-12-13-14-15-16-17-18-19;8-7(9)6-4-2-1-3-5-6/h19H,2-18H2,1H3;1-5H,(H,8,9). The molecule has 1 aromatic carbocycles. The molecule has 2 N–H and O–H groups in total. The number of aromatic carboxylic acids is 1. The first-order valence-electron chi connectivity index (χ1n) is 11.6. The Bertz CT molecular complexity index is 415. The minimum Gasteiger partial charge on any atom is -0.478 e. The van der Waals surface area contributed by atoms with Crippen molar-refractivity contribution in [2.24, 2.45) is 0 Å². The summed E-state index contributed by atoms with van der Waals surface area (Å²) in [4.78, 5) is 10.2. The van der Waals surface area contributed by atoms with Gasteiger partial charge in [0.2, 0.25) is 0 Å². The van der Waals surface area contributed by atoms with E-state index in [-0.39, 0.29) is 0 Å². The molecule has 0 unspecified atom stereocenters. The van der Waals surface area contributed by atoms with Crippen LogP contribution in [-0.4, -0.2) is 22.8 Å². The summed E-state index contributed by atoms with van der Waals surface area (Å²) in [6, 6.07) is 8.30. The van der Waals surface area contributed by atoms with E-state index < -0.39 is 5.97 Å². The van der Waals surface area contributed by atoms with Crippen LogP contribution < -0.4 is 0 Å². The number of aliphatic hydroxyl groups is 1. The van der Waals surface area contributed by atoms with Gasteiger partial charge in [0.1, 0.15) is 0 Å². The molecule has 1 aromatic rings. The predicted octanol–water partition coefficient (Wildman–Crippen LogP) is 7.63. The van der Waals surface area contributed by atoms with Crippen LogP contribution in [-0.2, 0) is 0 Å². The first-order chi connectivity index (χ1) is 13.7. The second-order valence-electron chi connectivity index (χ2n) is 7.70. The maximum atomic E-state index is 10.2. The van der Waals surface area contributed by atoms with Crippen molar-refractivity contribution >= 4 is 5.97 Å². The van der Waals surface area contributed by atoms with Gasteiger partial charge in [-0.2, -0.15) is 0 Å². The summed E-state index contributed by atoms with van der Waals surface area (Å²) < 4.78 is 0. The first kappa shape index (κ1) is 26.6. The number of aliphatic hydroxyl groups excluding tert-OH is 1. The number of hydrogen-bond acceptors (Lipinski definition) is 2. The molecule has 162 valence electrons. The molecular formula is C25H44O3. The van der Waals surface area contributed by atoms with Crippen LogP contribution in [0.2, 0.25) is 0 Å². The van der Waals surface area contributed by atoms with E-state index in [0.29, 0.717) is 12.2 Å². The van der Waals surface area contributed by atoms with E-state index >= 15 is 0 Å². The van der Waals surface area contributed by atoms with Crippen molar-refractivity contribution in [3.63, 3.8) is 0 Å². The molecule has 0 heterocycles. The van der Waals surface area contributed by atoms with Crippen molar-refractivity contribution in [2.75, 3.05) is 6.61 Å². The number of carboxylic acids is 1. The van der Waals surface area contributed by atoms with Crippen LogP contribution in [0, 0.1) is 0 Å². The summed E-state index contributed by atoms with van der Waals surface area (Å²) in [5.74, 6) is -0.879. The van der Waals surface area contributed by atoms with Crippen LogP contribution in [0.5, 0.6) is 0 Å². The van der Waals surface area contributed by atoms with Crippen LogP contribution in [0.15, 0.2) is 30.3 Å². The Hall–Kier alpha value is -1.35. The highest BCUT2D eigenvalue weighted by Crippen LogP contribution is 2.13. The third kappa shape index (κ3) is 19.4. The topological polar surface area (TPSA) is 57.5 Å². The van der Waals surface area contributed by atoms with E-state index in [1.165, 1.54) is 96.3 Å². The van der Waals surface area contributed by atoms with Gasteiger partial charge in [-0.25, -0.2) is 4.79 Å². The Kier molecular flexibility index (Phi) is 20.9. The van der Waals surface area contributed by atoms with Crippen molar-refractivity contribution in [1.29, 1.82) is 0 Å². The minimum atomic E-state index is -0.879. The highest BCUT2D eigenvalue weighted by Gasteiger charge is 1.96. The molecule has 0 amide bonds. The summed E-state index contributed by atoms with van der Waals surface area (Å²) >= 11 is 0. The third-order valence-electron chi connectivity index (χ3n) is 5.03. The fourth-order valence-corrected chi connectivity index (χ4v) is 3.24. The minimum absolute atomic E-state index is 0.331. The Morgan fingerprint density at radius 1 is 0.643 bits per heavy atom. The average molecular weight is 393 g/mol. The highest BCUT2D eigenvalue weighted by atomic mass is 16.4. The molecule has 0 atom stereocenters. The molecule has 0 radical (unpaired) electrons. The fraction of sp³-hybridized carbons (Fsp3) is 0.720. The van der Waals surface area contributed by atoms with Gasteiger partial charge in [-0.3, -0.25) is 0 Å². The van der Waals surface area contributed by atoms with Crippen molar-refractivity contribution < 1.29 is 15.0 Å². The van der Waals surface area contributed by atoms with E-state index in [2.05, 4.69) is 6.92 Å². The fourth-order valence-electron chi connectivity index (χ4n) is 3.24. The number of benzene rings is 1. The number of rotatable bonds is 17. The molecule has 3 nitrogen and oxygen atoms in total. The molecule has 0 spiro atoms. The molecule has 0 saturated heterocycles. The summed E-state index contributed by atoms with van der Waals surface area (Å²) in [5.41, 5.74) is 0.331. The van der Waals surface area contributed by atoms with Crippen LogP contribution in [0.25, 0.3) is 0 Å². The van der Waals surface area contributed by atoms with Gasteiger partial charge < -0.3 is 10.2 Å². The number of unbranched alkanes of at least 4 members (excludes halogenated alkanes) is 15. The molecule has 1 rings (SSSR count). The van der Waals surface area contributed by atoms with E-state index in [9.17, 15) is 4.79 Å². The molecule has 0 aliphatic rings. The Morgan fingerprint density at radius 2 is 1.00 bits per heavy atom. The SMILES string of the molecule is CCCCCCCCCCCCCCCCCCO.O=C(O)c1ccccc1. The lowest BCUT2D eigenvalue weighted by molar-refractivity contribution is 0.0697. The second kappa shape index (κ2) is 21.9. The van der Waals surface area contributed by atoms with Crippen LogP contribution in [0.3, 0.4) is 0 Å². The van der Waals surface area contributed by atoms with Crippen molar-refractivity contribution in [2.45, 2.75) is 110 Å². The number of carboxylic acid groups (broad SMARTS) is 1. The lowest BCUT2D eigenvalue weighted by Crippen LogP contribution is -1.93. The molecule has 0 saturated carbocycles. The average Bonchev–Trinajstić information content (AvgIpc) is 2.72. The van der Waals surface area contributed by atoms with Gasteiger partial charge in [-0.05, 0) is 18.6 Å². The van der Waals surface area contributed by atoms with Crippen molar-refractivity contribution in [3.8, 4) is 0 Å². The summed E-state index contributed by atoms with van der Waals surface area (Å²) in [6.07, 6.45) is 22.2. The lowest BCUT2D eigenvalue weighted by atomic mass is 10.0. The van der Waals surface area contributed by atoms with Crippen LogP contribution in [0.1, 0.15) is 120 Å². The molecule has 0 aliphatic carbocycles. The Balaban J connectivity index is 0.000000668. The molecule has 0 bridgehead atoms. The maximum Gasteiger partial charge on any atom is 0.335 e. The first-order valence-corrected chi connectivity index (χ1v) is 11.6. The van der Waals surface area contributed by atoms with Gasteiger partial charge >= 0.3 is 5.97 Å². The van der Waals surface area contributed by atoms with Crippen molar-refractivity contribution in [3.05, 3.63) is 35.9 Å². The van der Waals surface area contributed by atoms with E-state index in [0.717, 1.165) is 6.42 Å². The third-order valence-corrected chi connectivity index (χ3v) is 5.03. The van der Waals surface area contributed by atoms with Gasteiger partial charge in [0.15, 0.2) is 0 Å². The van der Waals surface area contributed by atoms with E-state index in [1.54, 1.807) is 30.3 Å². The van der Waals surface area contributed by atoms with Gasteiger partial charge in [-0.15, -0.1) is 0 Å². The van der Waals surface area contributed by atoms with E-state index in [4.69, 9.17) is 10.2 Å².